The van der Waals surface area contributed by atoms with Crippen molar-refractivity contribution in [1.29, 1.82) is 0 Å². The number of urea groups is 1. The van der Waals surface area contributed by atoms with Crippen molar-refractivity contribution in [2.24, 2.45) is 0 Å². The van der Waals surface area contributed by atoms with Gasteiger partial charge in [0.25, 0.3) is 0 Å². The van der Waals surface area contributed by atoms with Gasteiger partial charge in [0.15, 0.2) is 5.13 Å². The van der Waals surface area contributed by atoms with E-state index in [1.54, 1.807) is 13.3 Å². The van der Waals surface area contributed by atoms with Crippen LogP contribution >= 0.6 is 11.3 Å². The van der Waals surface area contributed by atoms with Gasteiger partial charge >= 0.3 is 6.03 Å². The van der Waals surface area contributed by atoms with E-state index < -0.39 is 0 Å². The van der Waals surface area contributed by atoms with Crippen molar-refractivity contribution in [3.8, 4) is 5.75 Å². The third kappa shape index (κ3) is 4.94. The van der Waals surface area contributed by atoms with Gasteiger partial charge in [0, 0.05) is 18.1 Å². The molecule has 24 heavy (non-hydrogen) atoms. The van der Waals surface area contributed by atoms with Gasteiger partial charge in [0.05, 0.1) is 13.2 Å². The van der Waals surface area contributed by atoms with E-state index in [2.05, 4.69) is 40.4 Å². The van der Waals surface area contributed by atoms with Gasteiger partial charge in [-0.25, -0.2) is 9.78 Å². The summed E-state index contributed by atoms with van der Waals surface area (Å²) in [6.45, 7) is 6.53. The molecule has 1 aromatic carbocycles. The molecule has 1 atom stereocenters. The summed E-state index contributed by atoms with van der Waals surface area (Å²) in [5.74, 6) is 0.817. The average Bonchev–Trinajstić information content (AvgIpc) is 3.11. The first-order valence-corrected chi connectivity index (χ1v) is 8.88. The number of likely N-dealkylation sites (N-methyl/N-ethyl adjacent to an activating group) is 1. The van der Waals surface area contributed by atoms with Gasteiger partial charge in [-0.1, -0.05) is 26.0 Å². The Labute approximate surface area is 146 Å². The van der Waals surface area contributed by atoms with Gasteiger partial charge in [-0.15, -0.1) is 11.3 Å². The summed E-state index contributed by atoms with van der Waals surface area (Å²) in [7, 11) is 1.66. The number of nitrogens with one attached hydrogen (secondary N) is 2. The van der Waals surface area contributed by atoms with Gasteiger partial charge in [0.2, 0.25) is 0 Å². The van der Waals surface area contributed by atoms with Crippen LogP contribution < -0.4 is 15.4 Å². The lowest BCUT2D eigenvalue weighted by Gasteiger charge is -2.30. The molecule has 2 rings (SSSR count). The molecule has 0 unspecified atom stereocenters. The molecule has 7 heteroatoms. The highest BCUT2D eigenvalue weighted by atomic mass is 32.1. The first-order valence-electron chi connectivity index (χ1n) is 8.00. The lowest BCUT2D eigenvalue weighted by molar-refractivity contribution is 0.209. The molecular weight excluding hydrogens is 324 g/mol. The number of aromatic nitrogens is 1. The fourth-order valence-corrected chi connectivity index (χ4v) is 3.11. The second-order valence-corrected chi connectivity index (χ2v) is 6.08. The maximum atomic E-state index is 12.1. The van der Waals surface area contributed by atoms with Crippen molar-refractivity contribution in [2.45, 2.75) is 19.9 Å². The second kappa shape index (κ2) is 9.24. The van der Waals surface area contributed by atoms with Crippen molar-refractivity contribution >= 4 is 22.5 Å². The van der Waals surface area contributed by atoms with Crippen LogP contribution in [-0.4, -0.2) is 42.7 Å². The Morgan fingerprint density at radius 3 is 2.79 bits per heavy atom. The molecule has 0 radical (unpaired) electrons. The Kier molecular flexibility index (Phi) is 7.02. The highest BCUT2D eigenvalue weighted by Crippen LogP contribution is 2.23. The second-order valence-electron chi connectivity index (χ2n) is 5.19. The van der Waals surface area contributed by atoms with E-state index in [4.69, 9.17) is 4.74 Å². The van der Waals surface area contributed by atoms with Crippen LogP contribution in [0.2, 0.25) is 0 Å². The fourth-order valence-electron chi connectivity index (χ4n) is 2.59. The normalized spacial score (nSPS) is 12.0. The molecule has 0 saturated heterocycles. The maximum Gasteiger partial charge on any atom is 0.321 e. The lowest BCUT2D eigenvalue weighted by atomic mass is 10.0. The summed E-state index contributed by atoms with van der Waals surface area (Å²) in [6.07, 6.45) is 1.66. The minimum absolute atomic E-state index is 0.0807. The highest BCUT2D eigenvalue weighted by molar-refractivity contribution is 7.13. The third-order valence-electron chi connectivity index (χ3n) is 3.84. The predicted octanol–water partition coefficient (Wildman–Crippen LogP) is 3.36. The Hall–Kier alpha value is -2.12. The molecule has 2 aromatic rings. The van der Waals surface area contributed by atoms with Gasteiger partial charge in [-0.3, -0.25) is 10.2 Å². The van der Waals surface area contributed by atoms with Gasteiger partial charge in [-0.05, 0) is 30.8 Å². The number of rotatable bonds is 8. The summed E-state index contributed by atoms with van der Waals surface area (Å²) in [6, 6.07) is 7.81. The monoisotopic (exact) mass is 348 g/mol. The van der Waals surface area contributed by atoms with Crippen LogP contribution in [-0.2, 0) is 0 Å². The molecule has 6 nitrogen and oxygen atoms in total. The quantitative estimate of drug-likeness (QED) is 0.768. The number of thiazole rings is 1. The van der Waals surface area contributed by atoms with E-state index in [-0.39, 0.29) is 12.1 Å². The minimum atomic E-state index is -0.245. The largest absolute Gasteiger partial charge is 0.497 e. The van der Waals surface area contributed by atoms with E-state index in [0.717, 1.165) is 24.4 Å². The van der Waals surface area contributed by atoms with Crippen LogP contribution in [0.5, 0.6) is 5.75 Å². The van der Waals surface area contributed by atoms with Crippen LogP contribution in [0.25, 0.3) is 0 Å². The van der Waals surface area contributed by atoms with Crippen LogP contribution in [0.15, 0.2) is 35.8 Å². The summed E-state index contributed by atoms with van der Waals surface area (Å²) in [5, 5.41) is 8.10. The van der Waals surface area contributed by atoms with Crippen LogP contribution in [0.4, 0.5) is 9.93 Å². The molecule has 0 aliphatic heterocycles. The number of hydrogen-bond donors (Lipinski definition) is 2. The van der Waals surface area contributed by atoms with E-state index in [0.29, 0.717) is 11.7 Å². The first-order chi connectivity index (χ1) is 11.7. The number of methoxy groups -OCH3 is 1. The molecule has 0 bridgehead atoms. The summed E-state index contributed by atoms with van der Waals surface area (Å²) < 4.78 is 5.32. The molecule has 0 aliphatic carbocycles. The average molecular weight is 348 g/mol. The zero-order valence-corrected chi connectivity index (χ0v) is 15.1. The number of ether oxygens (including phenoxy) is 1. The molecule has 1 heterocycles. The number of carbonyl (C=O) groups is 1. The molecule has 0 fully saturated rings. The molecule has 1 aromatic heterocycles. The van der Waals surface area contributed by atoms with Crippen molar-refractivity contribution in [1.82, 2.24) is 15.2 Å². The molecule has 0 spiro atoms. The molecule has 2 amide bonds. The maximum absolute atomic E-state index is 12.1. The van der Waals surface area contributed by atoms with E-state index in [9.17, 15) is 4.79 Å². The number of nitrogens with zero attached hydrogens (tertiary/aromatic N) is 2. The van der Waals surface area contributed by atoms with Crippen LogP contribution in [0, 0.1) is 0 Å². The Morgan fingerprint density at radius 2 is 2.17 bits per heavy atom. The van der Waals surface area contributed by atoms with E-state index in [1.807, 2.05) is 23.6 Å². The SMILES string of the molecule is CCN(CC)[C@@H](CNC(=O)Nc1nccs1)c1cccc(OC)c1. The third-order valence-corrected chi connectivity index (χ3v) is 4.53. The zero-order valence-electron chi connectivity index (χ0n) is 14.3. The minimum Gasteiger partial charge on any atom is -0.497 e. The van der Waals surface area contributed by atoms with Crippen molar-refractivity contribution in [2.75, 3.05) is 32.1 Å². The Bertz CT molecular complexity index is 629. The van der Waals surface area contributed by atoms with Gasteiger partial charge in [-0.2, -0.15) is 0 Å². The molecule has 0 aliphatic rings. The zero-order chi connectivity index (χ0) is 17.4. The summed E-state index contributed by atoms with van der Waals surface area (Å²) in [4.78, 5) is 18.4. The van der Waals surface area contributed by atoms with Crippen molar-refractivity contribution in [3.63, 3.8) is 0 Å². The first kappa shape index (κ1) is 18.2. The number of hydrogen-bond acceptors (Lipinski definition) is 5. The summed E-state index contributed by atoms with van der Waals surface area (Å²) in [5.41, 5.74) is 1.12. The number of anilines is 1. The van der Waals surface area contributed by atoms with Gasteiger partial charge < -0.3 is 10.1 Å². The number of benzene rings is 1. The highest BCUT2D eigenvalue weighted by Gasteiger charge is 2.19. The molecule has 2 N–H and O–H groups in total. The summed E-state index contributed by atoms with van der Waals surface area (Å²) >= 11 is 1.39. The topological polar surface area (TPSA) is 66.5 Å². The van der Waals surface area contributed by atoms with E-state index in [1.165, 1.54) is 11.3 Å². The number of carbonyl (C=O) groups excluding carboxylic acids is 1. The van der Waals surface area contributed by atoms with Crippen molar-refractivity contribution in [3.05, 3.63) is 41.4 Å². The van der Waals surface area contributed by atoms with Crippen molar-refractivity contribution < 1.29 is 9.53 Å². The molecular formula is C17H24N4O2S. The lowest BCUT2D eigenvalue weighted by Crippen LogP contribution is -2.39. The smallest absolute Gasteiger partial charge is 0.321 e. The van der Waals surface area contributed by atoms with E-state index >= 15 is 0 Å². The number of amides is 2. The Morgan fingerprint density at radius 1 is 1.38 bits per heavy atom. The van der Waals surface area contributed by atoms with Crippen LogP contribution in [0.1, 0.15) is 25.5 Å². The fraction of sp³-hybridized carbons (Fsp3) is 0.412. The predicted molar refractivity (Wildman–Crippen MR) is 97.8 cm³/mol. The standard InChI is InChI=1S/C17H24N4O2S/c1-4-21(5-2)15(13-7-6-8-14(11-13)23-3)12-19-16(22)20-17-18-9-10-24-17/h6-11,15H,4-5,12H2,1-3H3,(H2,18,19,20,22)/t15-/m0/s1. The Balaban J connectivity index is 2.06. The molecule has 130 valence electrons. The van der Waals surface area contributed by atoms with Crippen LogP contribution in [0.3, 0.4) is 0 Å². The van der Waals surface area contributed by atoms with Gasteiger partial charge in [0.1, 0.15) is 5.75 Å². The molecule has 0 saturated carbocycles.